The Hall–Kier alpha value is -3.12. The summed E-state index contributed by atoms with van der Waals surface area (Å²) in [6.07, 6.45) is 1.81. The molecule has 1 aliphatic rings. The number of carboxylic acid groups (broad SMARTS) is 1. The van der Waals surface area contributed by atoms with Gasteiger partial charge in [-0.2, -0.15) is 0 Å². The van der Waals surface area contributed by atoms with Gasteiger partial charge in [0, 0.05) is 53.9 Å². The summed E-state index contributed by atoms with van der Waals surface area (Å²) in [5, 5.41) is 11.7. The molecule has 0 radical (unpaired) electrons. The Bertz CT molecular complexity index is 1190. The number of aromatic amines is 1. The zero-order valence-corrected chi connectivity index (χ0v) is 18.9. The third-order valence-corrected chi connectivity index (χ3v) is 6.75. The molecule has 0 aliphatic carbocycles. The van der Waals surface area contributed by atoms with Crippen LogP contribution in [-0.4, -0.2) is 52.0 Å². The predicted octanol–water partition coefficient (Wildman–Crippen LogP) is 5.35. The Morgan fingerprint density at radius 2 is 1.42 bits per heavy atom. The first-order chi connectivity index (χ1) is 16.1. The smallest absolute Gasteiger partial charge is 0.325 e. The molecule has 33 heavy (non-hydrogen) atoms. The Morgan fingerprint density at radius 1 is 0.848 bits per heavy atom. The van der Waals surface area contributed by atoms with Crippen LogP contribution in [-0.2, 0) is 4.79 Å². The molecular weight excluding hydrogens is 434 g/mol. The van der Waals surface area contributed by atoms with Crippen molar-refractivity contribution in [3.05, 3.63) is 107 Å². The number of aliphatic carboxylic acids is 1. The van der Waals surface area contributed by atoms with Gasteiger partial charge in [0.25, 0.3) is 0 Å². The Kier molecular flexibility index (Phi) is 6.18. The molecule has 5 nitrogen and oxygen atoms in total. The first kappa shape index (κ1) is 21.7. The number of benzene rings is 3. The van der Waals surface area contributed by atoms with Crippen molar-refractivity contribution in [2.75, 3.05) is 26.2 Å². The van der Waals surface area contributed by atoms with Crippen molar-refractivity contribution in [1.29, 1.82) is 0 Å². The van der Waals surface area contributed by atoms with Crippen LogP contribution in [0.25, 0.3) is 10.9 Å². The third-order valence-electron chi connectivity index (χ3n) is 6.51. The van der Waals surface area contributed by atoms with Crippen LogP contribution in [0.3, 0.4) is 0 Å². The predicted molar refractivity (Wildman–Crippen MR) is 132 cm³/mol. The molecule has 1 saturated heterocycles. The number of H-pyrrole nitrogens is 1. The largest absolute Gasteiger partial charge is 0.480 e. The minimum atomic E-state index is -0.832. The fourth-order valence-electron chi connectivity index (χ4n) is 4.97. The summed E-state index contributed by atoms with van der Waals surface area (Å²) < 4.78 is 0. The van der Waals surface area contributed by atoms with Crippen molar-refractivity contribution >= 4 is 28.5 Å². The normalized spacial score (nSPS) is 16.3. The Morgan fingerprint density at radius 3 is 2.00 bits per heavy atom. The van der Waals surface area contributed by atoms with E-state index in [1.807, 2.05) is 36.5 Å². The first-order valence-electron chi connectivity index (χ1n) is 11.2. The van der Waals surface area contributed by atoms with Gasteiger partial charge in [-0.3, -0.25) is 14.6 Å². The maximum atomic E-state index is 12.4. The number of nitrogens with zero attached hydrogens (tertiary/aromatic N) is 2. The molecule has 1 unspecified atom stereocenters. The van der Waals surface area contributed by atoms with E-state index in [0.717, 1.165) is 29.6 Å². The third kappa shape index (κ3) is 4.40. The van der Waals surface area contributed by atoms with E-state index in [9.17, 15) is 9.90 Å². The van der Waals surface area contributed by atoms with E-state index < -0.39 is 12.0 Å². The molecule has 6 heteroatoms. The van der Waals surface area contributed by atoms with Crippen LogP contribution in [0.1, 0.15) is 28.8 Å². The molecule has 2 N–H and O–H groups in total. The highest BCUT2D eigenvalue weighted by atomic mass is 35.5. The zero-order chi connectivity index (χ0) is 22.8. The van der Waals surface area contributed by atoms with Crippen molar-refractivity contribution in [3.8, 4) is 0 Å². The van der Waals surface area contributed by atoms with Crippen molar-refractivity contribution in [1.82, 2.24) is 14.8 Å². The number of piperazine rings is 1. The average molecular weight is 460 g/mol. The number of carbonyl (C=O) groups is 1. The summed E-state index contributed by atoms with van der Waals surface area (Å²) in [6.45, 7) is 2.92. The van der Waals surface area contributed by atoms with E-state index in [1.165, 1.54) is 11.1 Å². The number of rotatable bonds is 6. The number of aromatic nitrogens is 1. The fourth-order valence-corrected chi connectivity index (χ4v) is 5.14. The minimum absolute atomic E-state index is 0.146. The van der Waals surface area contributed by atoms with E-state index in [2.05, 4.69) is 63.3 Å². The fraction of sp³-hybridized carbons (Fsp3) is 0.222. The summed E-state index contributed by atoms with van der Waals surface area (Å²) in [7, 11) is 0. The van der Waals surface area contributed by atoms with Crippen LogP contribution in [0, 0.1) is 0 Å². The van der Waals surface area contributed by atoms with E-state index in [-0.39, 0.29) is 6.04 Å². The number of carboxylic acids is 1. The lowest BCUT2D eigenvalue weighted by Crippen LogP contribution is -2.50. The van der Waals surface area contributed by atoms with Crippen LogP contribution in [0.5, 0.6) is 0 Å². The van der Waals surface area contributed by atoms with Gasteiger partial charge in [0.1, 0.15) is 6.04 Å². The van der Waals surface area contributed by atoms with Gasteiger partial charge in [-0.1, -0.05) is 78.3 Å². The summed E-state index contributed by atoms with van der Waals surface area (Å²) >= 11 is 6.11. The molecule has 3 aromatic carbocycles. The lowest BCUT2D eigenvalue weighted by molar-refractivity contribution is -0.144. The summed E-state index contributed by atoms with van der Waals surface area (Å²) in [6, 6.07) is 26.0. The van der Waals surface area contributed by atoms with E-state index >= 15 is 0 Å². The molecule has 2 heterocycles. The van der Waals surface area contributed by atoms with Crippen molar-refractivity contribution < 1.29 is 9.90 Å². The number of nitrogens with one attached hydrogen (secondary N) is 1. The number of hydrogen-bond acceptors (Lipinski definition) is 3. The molecule has 4 aromatic rings. The molecule has 1 fully saturated rings. The van der Waals surface area contributed by atoms with Gasteiger partial charge in [0.05, 0.1) is 6.04 Å². The van der Waals surface area contributed by atoms with E-state index in [4.69, 9.17) is 11.6 Å². The standard InChI is InChI=1S/C27H26ClN3O2/c28-21-11-12-22-23(18-29-24(22)17-21)26(27(32)33)31-15-13-30(14-16-31)25(19-7-3-1-4-8-19)20-9-5-2-6-10-20/h1-12,17-18,25-26,29H,13-16H2,(H,32,33). The molecular formula is C27H26ClN3O2. The Labute approximate surface area is 198 Å². The van der Waals surface area contributed by atoms with Gasteiger partial charge in [-0.25, -0.2) is 0 Å². The second-order valence-corrected chi connectivity index (χ2v) is 8.91. The first-order valence-corrected chi connectivity index (χ1v) is 11.6. The van der Waals surface area contributed by atoms with Crippen molar-refractivity contribution in [2.45, 2.75) is 12.1 Å². The van der Waals surface area contributed by atoms with Crippen LogP contribution in [0.4, 0.5) is 0 Å². The number of halogens is 1. The maximum absolute atomic E-state index is 12.4. The van der Waals surface area contributed by atoms with E-state index in [0.29, 0.717) is 18.1 Å². The van der Waals surface area contributed by atoms with Gasteiger partial charge in [-0.15, -0.1) is 0 Å². The van der Waals surface area contributed by atoms with Gasteiger partial charge in [0.2, 0.25) is 0 Å². The molecule has 168 valence electrons. The lowest BCUT2D eigenvalue weighted by Gasteiger charge is -2.41. The molecule has 1 aromatic heterocycles. The summed E-state index contributed by atoms with van der Waals surface area (Å²) in [5.74, 6) is -0.832. The van der Waals surface area contributed by atoms with Gasteiger partial charge in [0.15, 0.2) is 0 Å². The number of fused-ring (bicyclic) bond motifs is 1. The zero-order valence-electron chi connectivity index (χ0n) is 18.2. The monoisotopic (exact) mass is 459 g/mol. The molecule has 0 amide bonds. The second-order valence-electron chi connectivity index (χ2n) is 8.47. The van der Waals surface area contributed by atoms with Crippen molar-refractivity contribution in [3.63, 3.8) is 0 Å². The van der Waals surface area contributed by atoms with Gasteiger partial charge < -0.3 is 10.1 Å². The number of hydrogen-bond donors (Lipinski definition) is 2. The molecule has 1 aliphatic heterocycles. The van der Waals surface area contributed by atoms with Gasteiger partial charge >= 0.3 is 5.97 Å². The molecule has 0 spiro atoms. The molecule has 0 saturated carbocycles. The Balaban J connectivity index is 1.40. The second kappa shape index (κ2) is 9.40. The van der Waals surface area contributed by atoms with Crippen LogP contribution < -0.4 is 0 Å². The topological polar surface area (TPSA) is 59.6 Å². The highest BCUT2D eigenvalue weighted by Crippen LogP contribution is 2.34. The van der Waals surface area contributed by atoms with E-state index in [1.54, 1.807) is 0 Å². The van der Waals surface area contributed by atoms with Gasteiger partial charge in [-0.05, 0) is 23.3 Å². The van der Waals surface area contributed by atoms with Crippen molar-refractivity contribution in [2.24, 2.45) is 0 Å². The quantitative estimate of drug-likeness (QED) is 0.408. The summed E-state index contributed by atoms with van der Waals surface area (Å²) in [4.78, 5) is 20.1. The SMILES string of the molecule is O=C(O)C(c1c[nH]c2cc(Cl)ccc12)N1CCN(C(c2ccccc2)c2ccccc2)CC1. The molecule has 0 bridgehead atoms. The minimum Gasteiger partial charge on any atom is -0.480 e. The highest BCUT2D eigenvalue weighted by Gasteiger charge is 2.34. The lowest BCUT2D eigenvalue weighted by atomic mass is 9.96. The van der Waals surface area contributed by atoms with Crippen LogP contribution >= 0.6 is 11.6 Å². The van der Waals surface area contributed by atoms with Crippen LogP contribution in [0.2, 0.25) is 5.02 Å². The van der Waals surface area contributed by atoms with Crippen LogP contribution in [0.15, 0.2) is 85.1 Å². The maximum Gasteiger partial charge on any atom is 0.325 e. The molecule has 1 atom stereocenters. The summed E-state index contributed by atoms with van der Waals surface area (Å²) in [5.41, 5.74) is 4.14. The molecule has 5 rings (SSSR count). The average Bonchev–Trinajstić information content (AvgIpc) is 3.24. The highest BCUT2D eigenvalue weighted by molar-refractivity contribution is 6.31.